The lowest BCUT2D eigenvalue weighted by atomic mass is 10.3. The van der Waals surface area contributed by atoms with Crippen LogP contribution in [0.5, 0.6) is 0 Å². The van der Waals surface area contributed by atoms with Gasteiger partial charge in [0.1, 0.15) is 11.6 Å². The SMILES string of the molecule is Nc1cc(F)c(SCC(=O)Nc2ccc(Cl)cc2)c(F)c1. The highest BCUT2D eigenvalue weighted by Crippen LogP contribution is 2.27. The summed E-state index contributed by atoms with van der Waals surface area (Å²) >= 11 is 6.50. The van der Waals surface area contributed by atoms with Crippen molar-refractivity contribution in [2.75, 3.05) is 16.8 Å². The lowest BCUT2D eigenvalue weighted by molar-refractivity contribution is -0.113. The van der Waals surface area contributed by atoms with Crippen molar-refractivity contribution in [1.82, 2.24) is 0 Å². The predicted molar refractivity (Wildman–Crippen MR) is 81.6 cm³/mol. The van der Waals surface area contributed by atoms with Crippen LogP contribution in [-0.2, 0) is 4.79 Å². The first kappa shape index (κ1) is 15.6. The molecule has 7 heteroatoms. The van der Waals surface area contributed by atoms with E-state index in [0.29, 0.717) is 10.7 Å². The van der Waals surface area contributed by atoms with E-state index in [0.717, 1.165) is 23.9 Å². The van der Waals surface area contributed by atoms with Crippen LogP contribution in [0.1, 0.15) is 0 Å². The zero-order chi connectivity index (χ0) is 15.4. The fourth-order valence-electron chi connectivity index (χ4n) is 1.59. The first-order chi connectivity index (χ1) is 9.95. The molecule has 0 saturated carbocycles. The first-order valence-corrected chi connectivity index (χ1v) is 7.25. The predicted octanol–water partition coefficient (Wildman–Crippen LogP) is 3.93. The third-order valence-electron chi connectivity index (χ3n) is 2.50. The molecule has 2 aromatic rings. The second kappa shape index (κ2) is 6.78. The largest absolute Gasteiger partial charge is 0.399 e. The van der Waals surface area contributed by atoms with Gasteiger partial charge in [-0.05, 0) is 36.4 Å². The Kier molecular flexibility index (Phi) is 5.03. The molecule has 0 bridgehead atoms. The van der Waals surface area contributed by atoms with Gasteiger partial charge in [-0.15, -0.1) is 11.8 Å². The second-order valence-electron chi connectivity index (χ2n) is 4.16. The Balaban J connectivity index is 1.97. The molecule has 2 rings (SSSR count). The molecule has 0 fully saturated rings. The fraction of sp³-hybridized carbons (Fsp3) is 0.0714. The summed E-state index contributed by atoms with van der Waals surface area (Å²) in [4.78, 5) is 11.5. The summed E-state index contributed by atoms with van der Waals surface area (Å²) in [5.74, 6) is -2.06. The fourth-order valence-corrected chi connectivity index (χ4v) is 2.45. The van der Waals surface area contributed by atoms with Crippen molar-refractivity contribution in [2.24, 2.45) is 0 Å². The summed E-state index contributed by atoms with van der Waals surface area (Å²) in [6, 6.07) is 8.56. The molecule has 0 unspecified atom stereocenters. The van der Waals surface area contributed by atoms with Crippen LogP contribution in [0.15, 0.2) is 41.3 Å². The van der Waals surface area contributed by atoms with Crippen LogP contribution in [0.2, 0.25) is 5.02 Å². The molecule has 2 aromatic carbocycles. The Morgan fingerprint density at radius 1 is 1.19 bits per heavy atom. The van der Waals surface area contributed by atoms with Crippen molar-refractivity contribution >= 4 is 40.6 Å². The van der Waals surface area contributed by atoms with E-state index in [1.807, 2.05) is 0 Å². The second-order valence-corrected chi connectivity index (χ2v) is 5.58. The lowest BCUT2D eigenvalue weighted by Crippen LogP contribution is -2.14. The maximum Gasteiger partial charge on any atom is 0.234 e. The molecule has 0 heterocycles. The smallest absolute Gasteiger partial charge is 0.234 e. The average Bonchev–Trinajstić information content (AvgIpc) is 2.40. The lowest BCUT2D eigenvalue weighted by Gasteiger charge is -2.07. The highest BCUT2D eigenvalue weighted by molar-refractivity contribution is 8.00. The number of hydrogen-bond donors (Lipinski definition) is 2. The molecule has 0 radical (unpaired) electrons. The summed E-state index contributed by atoms with van der Waals surface area (Å²) in [5.41, 5.74) is 5.88. The number of carbonyl (C=O) groups is 1. The molecule has 0 atom stereocenters. The quantitative estimate of drug-likeness (QED) is 0.660. The van der Waals surface area contributed by atoms with Gasteiger partial charge in [-0.1, -0.05) is 11.6 Å². The molecule has 0 spiro atoms. The van der Waals surface area contributed by atoms with Crippen molar-refractivity contribution in [3.63, 3.8) is 0 Å². The molecule has 110 valence electrons. The van der Waals surface area contributed by atoms with Crippen molar-refractivity contribution in [3.8, 4) is 0 Å². The molecule has 0 saturated heterocycles. The number of hydrogen-bond acceptors (Lipinski definition) is 3. The van der Waals surface area contributed by atoms with Gasteiger partial charge in [0.2, 0.25) is 5.91 Å². The molecular formula is C14H11ClF2N2OS. The van der Waals surface area contributed by atoms with Crippen molar-refractivity contribution in [3.05, 3.63) is 53.1 Å². The summed E-state index contributed by atoms with van der Waals surface area (Å²) < 4.78 is 27.1. The molecule has 3 N–H and O–H groups in total. The van der Waals surface area contributed by atoms with Crippen LogP contribution in [0.3, 0.4) is 0 Å². The molecule has 3 nitrogen and oxygen atoms in total. The highest BCUT2D eigenvalue weighted by Gasteiger charge is 2.13. The van der Waals surface area contributed by atoms with Crippen LogP contribution in [-0.4, -0.2) is 11.7 Å². The molecular weight excluding hydrogens is 318 g/mol. The highest BCUT2D eigenvalue weighted by atomic mass is 35.5. The van der Waals surface area contributed by atoms with Gasteiger partial charge < -0.3 is 11.1 Å². The number of nitrogens with one attached hydrogen (secondary N) is 1. The monoisotopic (exact) mass is 328 g/mol. The maximum atomic E-state index is 13.5. The maximum absolute atomic E-state index is 13.5. The molecule has 21 heavy (non-hydrogen) atoms. The number of carbonyl (C=O) groups excluding carboxylic acids is 1. The van der Waals surface area contributed by atoms with Gasteiger partial charge in [-0.25, -0.2) is 8.78 Å². The van der Waals surface area contributed by atoms with Gasteiger partial charge in [0, 0.05) is 16.4 Å². The zero-order valence-electron chi connectivity index (χ0n) is 10.7. The molecule has 0 aliphatic rings. The van der Waals surface area contributed by atoms with Gasteiger partial charge in [-0.2, -0.15) is 0 Å². The Labute approximate surface area is 129 Å². The Morgan fingerprint density at radius 3 is 2.33 bits per heavy atom. The number of nitrogens with two attached hydrogens (primary N) is 1. The minimum absolute atomic E-state index is 0.0000317. The van der Waals surface area contributed by atoms with E-state index in [2.05, 4.69) is 5.32 Å². The summed E-state index contributed by atoms with van der Waals surface area (Å²) in [6.07, 6.45) is 0. The number of anilines is 2. The number of halogens is 3. The van der Waals surface area contributed by atoms with Crippen LogP contribution >= 0.6 is 23.4 Å². The van der Waals surface area contributed by atoms with Crippen LogP contribution in [0, 0.1) is 11.6 Å². The number of thioether (sulfide) groups is 1. The minimum Gasteiger partial charge on any atom is -0.399 e. The van der Waals surface area contributed by atoms with Crippen LogP contribution < -0.4 is 11.1 Å². The normalized spacial score (nSPS) is 10.4. The van der Waals surface area contributed by atoms with Crippen molar-refractivity contribution in [1.29, 1.82) is 0 Å². The Hall–Kier alpha value is -1.79. The average molecular weight is 329 g/mol. The zero-order valence-corrected chi connectivity index (χ0v) is 12.3. The number of rotatable bonds is 4. The van der Waals surface area contributed by atoms with E-state index in [9.17, 15) is 13.6 Å². The Bertz CT molecular complexity index is 642. The minimum atomic E-state index is -0.781. The van der Waals surface area contributed by atoms with Gasteiger partial charge in [0.15, 0.2) is 0 Å². The van der Waals surface area contributed by atoms with Gasteiger partial charge in [0.05, 0.1) is 10.6 Å². The van der Waals surface area contributed by atoms with Gasteiger partial charge >= 0.3 is 0 Å². The van der Waals surface area contributed by atoms with E-state index in [4.69, 9.17) is 17.3 Å². The van der Waals surface area contributed by atoms with E-state index >= 15 is 0 Å². The molecule has 1 amide bonds. The number of nitrogen functional groups attached to an aromatic ring is 1. The Morgan fingerprint density at radius 2 is 1.76 bits per heavy atom. The van der Waals surface area contributed by atoms with Gasteiger partial charge in [0.25, 0.3) is 0 Å². The third kappa shape index (κ3) is 4.34. The van der Waals surface area contributed by atoms with E-state index in [-0.39, 0.29) is 22.2 Å². The standard InChI is InChI=1S/C14H11ClF2N2OS/c15-8-1-3-10(4-2-8)19-13(20)7-21-14-11(16)5-9(18)6-12(14)17/h1-6H,7,18H2,(H,19,20). The van der Waals surface area contributed by atoms with E-state index in [1.54, 1.807) is 24.3 Å². The topological polar surface area (TPSA) is 55.1 Å². The first-order valence-electron chi connectivity index (χ1n) is 5.88. The number of benzene rings is 2. The van der Waals surface area contributed by atoms with Crippen LogP contribution in [0.25, 0.3) is 0 Å². The third-order valence-corrected chi connectivity index (χ3v) is 3.83. The van der Waals surface area contributed by atoms with Crippen molar-refractivity contribution < 1.29 is 13.6 Å². The van der Waals surface area contributed by atoms with Crippen molar-refractivity contribution in [2.45, 2.75) is 4.90 Å². The summed E-state index contributed by atoms with van der Waals surface area (Å²) in [6.45, 7) is 0. The molecule has 0 aromatic heterocycles. The summed E-state index contributed by atoms with van der Waals surface area (Å²) in [7, 11) is 0. The van der Waals surface area contributed by atoms with Gasteiger partial charge in [-0.3, -0.25) is 4.79 Å². The summed E-state index contributed by atoms with van der Waals surface area (Å²) in [5, 5.41) is 3.15. The van der Waals surface area contributed by atoms with E-state index < -0.39 is 11.6 Å². The molecule has 0 aliphatic carbocycles. The van der Waals surface area contributed by atoms with Crippen LogP contribution in [0.4, 0.5) is 20.2 Å². The molecule has 0 aliphatic heterocycles. The number of amides is 1. The van der Waals surface area contributed by atoms with E-state index in [1.165, 1.54) is 0 Å².